The molecular weight excluding hydrogens is 260 g/mol. The first-order valence-corrected chi connectivity index (χ1v) is 6.28. The second kappa shape index (κ2) is 4.52. The number of H-pyrrole nitrogens is 1. The number of hydrogen-bond acceptors (Lipinski definition) is 2. The molecule has 1 heterocycles. The van der Waals surface area contributed by atoms with Crippen molar-refractivity contribution in [3.05, 3.63) is 63.7 Å². The predicted molar refractivity (Wildman–Crippen MR) is 77.5 cm³/mol. The van der Waals surface area contributed by atoms with Crippen molar-refractivity contribution in [2.75, 3.05) is 0 Å². The third kappa shape index (κ3) is 2.13. The number of nitrogens with zero attached hydrogens (tertiary/aromatic N) is 1. The fourth-order valence-electron chi connectivity index (χ4n) is 2.12. The second-order valence-electron chi connectivity index (χ2n) is 4.36. The van der Waals surface area contributed by atoms with Crippen LogP contribution in [0.15, 0.2) is 47.3 Å². The van der Waals surface area contributed by atoms with E-state index >= 15 is 0 Å². The van der Waals surface area contributed by atoms with Gasteiger partial charge in [-0.2, -0.15) is 0 Å². The van der Waals surface area contributed by atoms with Crippen LogP contribution in [0.4, 0.5) is 0 Å². The Balaban J connectivity index is 2.28. The van der Waals surface area contributed by atoms with Gasteiger partial charge in [0.2, 0.25) is 0 Å². The lowest BCUT2D eigenvalue weighted by Gasteiger charge is -2.05. The van der Waals surface area contributed by atoms with Gasteiger partial charge in [0, 0.05) is 10.6 Å². The van der Waals surface area contributed by atoms with Crippen LogP contribution in [-0.2, 0) is 0 Å². The molecule has 0 bridgehead atoms. The van der Waals surface area contributed by atoms with Gasteiger partial charge in [-0.15, -0.1) is 0 Å². The Labute approximate surface area is 114 Å². The number of fused-ring (bicyclic) bond motifs is 1. The predicted octanol–water partition coefficient (Wildman–Crippen LogP) is 3.55. The molecule has 0 aliphatic carbocycles. The summed E-state index contributed by atoms with van der Waals surface area (Å²) in [5.74, 6) is 0.605. The number of rotatable bonds is 1. The molecule has 0 fully saturated rings. The zero-order valence-corrected chi connectivity index (χ0v) is 11.0. The number of halogens is 1. The highest BCUT2D eigenvalue weighted by Gasteiger charge is 2.06. The van der Waals surface area contributed by atoms with Gasteiger partial charge in [0.1, 0.15) is 5.82 Å². The SMILES string of the molecule is Cc1nc2cc(-c3ccccc3Cl)ccc2c(=O)[nH]1. The summed E-state index contributed by atoms with van der Waals surface area (Å²) in [5, 5.41) is 1.27. The number of aromatic amines is 1. The topological polar surface area (TPSA) is 45.8 Å². The highest BCUT2D eigenvalue weighted by atomic mass is 35.5. The van der Waals surface area contributed by atoms with E-state index in [0.29, 0.717) is 21.7 Å². The zero-order chi connectivity index (χ0) is 13.4. The van der Waals surface area contributed by atoms with Gasteiger partial charge in [0.25, 0.3) is 5.56 Å². The summed E-state index contributed by atoms with van der Waals surface area (Å²) in [6.45, 7) is 1.77. The van der Waals surface area contributed by atoms with Crippen molar-refractivity contribution in [3.8, 4) is 11.1 Å². The van der Waals surface area contributed by atoms with Crippen molar-refractivity contribution in [2.24, 2.45) is 0 Å². The molecule has 3 aromatic rings. The molecule has 0 atom stereocenters. The lowest BCUT2D eigenvalue weighted by molar-refractivity contribution is 1.06. The third-order valence-electron chi connectivity index (χ3n) is 3.01. The minimum Gasteiger partial charge on any atom is -0.310 e. The van der Waals surface area contributed by atoms with Crippen LogP contribution in [0.2, 0.25) is 5.02 Å². The Bertz CT molecular complexity index is 824. The Morgan fingerprint density at radius 1 is 1.16 bits per heavy atom. The van der Waals surface area contributed by atoms with Gasteiger partial charge in [-0.25, -0.2) is 4.98 Å². The van der Waals surface area contributed by atoms with E-state index < -0.39 is 0 Å². The molecule has 3 nitrogen and oxygen atoms in total. The molecule has 0 amide bonds. The summed E-state index contributed by atoms with van der Waals surface area (Å²) in [5.41, 5.74) is 2.45. The molecule has 4 heteroatoms. The Hall–Kier alpha value is -2.13. The Morgan fingerprint density at radius 3 is 2.74 bits per heavy atom. The first-order valence-electron chi connectivity index (χ1n) is 5.91. The molecule has 0 aliphatic rings. The normalized spacial score (nSPS) is 10.8. The third-order valence-corrected chi connectivity index (χ3v) is 3.34. The molecule has 1 N–H and O–H groups in total. The van der Waals surface area contributed by atoms with Gasteiger partial charge in [-0.3, -0.25) is 4.79 Å². The van der Waals surface area contributed by atoms with E-state index in [1.165, 1.54) is 0 Å². The van der Waals surface area contributed by atoms with Crippen molar-refractivity contribution in [3.63, 3.8) is 0 Å². The quantitative estimate of drug-likeness (QED) is 0.735. The van der Waals surface area contributed by atoms with Gasteiger partial charge >= 0.3 is 0 Å². The maximum Gasteiger partial charge on any atom is 0.258 e. The Kier molecular flexibility index (Phi) is 2.84. The van der Waals surface area contributed by atoms with Crippen LogP contribution in [-0.4, -0.2) is 9.97 Å². The number of hydrogen-bond donors (Lipinski definition) is 1. The smallest absolute Gasteiger partial charge is 0.258 e. The highest BCUT2D eigenvalue weighted by Crippen LogP contribution is 2.28. The molecule has 19 heavy (non-hydrogen) atoms. The van der Waals surface area contributed by atoms with Crippen LogP contribution in [0.25, 0.3) is 22.0 Å². The highest BCUT2D eigenvalue weighted by molar-refractivity contribution is 6.33. The van der Waals surface area contributed by atoms with E-state index in [9.17, 15) is 4.79 Å². The summed E-state index contributed by atoms with van der Waals surface area (Å²) in [6.07, 6.45) is 0. The monoisotopic (exact) mass is 270 g/mol. The summed E-state index contributed by atoms with van der Waals surface area (Å²) >= 11 is 6.18. The van der Waals surface area contributed by atoms with E-state index in [1.807, 2.05) is 36.4 Å². The zero-order valence-electron chi connectivity index (χ0n) is 10.3. The standard InChI is InChI=1S/C15H11ClN2O/c1-9-17-14-8-10(6-7-12(14)15(19)18-9)11-4-2-3-5-13(11)16/h2-8H,1H3,(H,17,18,19). The average molecular weight is 271 g/mol. The molecule has 2 aromatic carbocycles. The fraction of sp³-hybridized carbons (Fsp3) is 0.0667. The van der Waals surface area contributed by atoms with E-state index in [4.69, 9.17) is 11.6 Å². The van der Waals surface area contributed by atoms with Gasteiger partial charge in [-0.05, 0) is 30.7 Å². The van der Waals surface area contributed by atoms with Gasteiger partial charge in [-0.1, -0.05) is 35.9 Å². The maximum atomic E-state index is 11.8. The molecule has 0 spiro atoms. The number of nitrogens with one attached hydrogen (secondary N) is 1. The second-order valence-corrected chi connectivity index (χ2v) is 4.77. The van der Waals surface area contributed by atoms with Gasteiger partial charge in [0.15, 0.2) is 0 Å². The van der Waals surface area contributed by atoms with E-state index in [1.54, 1.807) is 13.0 Å². The minimum absolute atomic E-state index is 0.117. The van der Waals surface area contributed by atoms with Crippen LogP contribution in [0.1, 0.15) is 5.82 Å². The first kappa shape index (κ1) is 11.9. The number of aromatic nitrogens is 2. The van der Waals surface area contributed by atoms with Crippen molar-refractivity contribution in [1.29, 1.82) is 0 Å². The van der Waals surface area contributed by atoms with Crippen LogP contribution in [0.3, 0.4) is 0 Å². The summed E-state index contributed by atoms with van der Waals surface area (Å²) in [7, 11) is 0. The van der Waals surface area contributed by atoms with Crippen LogP contribution in [0.5, 0.6) is 0 Å². The lowest BCUT2D eigenvalue weighted by Crippen LogP contribution is -2.09. The summed E-state index contributed by atoms with van der Waals surface area (Å²) < 4.78 is 0. The molecule has 3 rings (SSSR count). The van der Waals surface area contributed by atoms with Crippen molar-refractivity contribution >= 4 is 22.5 Å². The molecule has 0 unspecified atom stereocenters. The lowest BCUT2D eigenvalue weighted by atomic mass is 10.0. The van der Waals surface area contributed by atoms with Crippen LogP contribution >= 0.6 is 11.6 Å². The van der Waals surface area contributed by atoms with Gasteiger partial charge in [0.05, 0.1) is 10.9 Å². The average Bonchev–Trinajstić information content (AvgIpc) is 2.38. The molecule has 0 saturated carbocycles. The Morgan fingerprint density at radius 2 is 1.95 bits per heavy atom. The molecular formula is C15H11ClN2O. The van der Waals surface area contributed by atoms with E-state index in [-0.39, 0.29) is 5.56 Å². The van der Waals surface area contributed by atoms with Crippen molar-refractivity contribution in [2.45, 2.75) is 6.92 Å². The number of benzene rings is 2. The maximum absolute atomic E-state index is 11.8. The largest absolute Gasteiger partial charge is 0.310 e. The van der Waals surface area contributed by atoms with Crippen molar-refractivity contribution in [1.82, 2.24) is 9.97 Å². The minimum atomic E-state index is -0.117. The van der Waals surface area contributed by atoms with Crippen molar-refractivity contribution < 1.29 is 0 Å². The summed E-state index contributed by atoms with van der Waals surface area (Å²) in [4.78, 5) is 18.8. The van der Waals surface area contributed by atoms with Crippen LogP contribution in [0, 0.1) is 6.92 Å². The van der Waals surface area contributed by atoms with Gasteiger partial charge < -0.3 is 4.98 Å². The van der Waals surface area contributed by atoms with E-state index in [2.05, 4.69) is 9.97 Å². The molecule has 1 aromatic heterocycles. The molecule has 0 radical (unpaired) electrons. The van der Waals surface area contributed by atoms with Crippen LogP contribution < -0.4 is 5.56 Å². The van der Waals surface area contributed by atoms with E-state index in [0.717, 1.165) is 11.1 Å². The summed E-state index contributed by atoms with van der Waals surface area (Å²) in [6, 6.07) is 13.2. The number of aryl methyl sites for hydroxylation is 1. The molecule has 0 aliphatic heterocycles. The fourth-order valence-corrected chi connectivity index (χ4v) is 2.36. The molecule has 0 saturated heterocycles. The molecule has 94 valence electrons. The first-order chi connectivity index (χ1) is 9.15.